The smallest absolute Gasteiger partial charge is 0.322 e. The molecule has 0 saturated heterocycles. The van der Waals surface area contributed by atoms with Crippen LogP contribution in [0.1, 0.15) is 43.0 Å². The average Bonchev–Trinajstić information content (AvgIpc) is 3.32. The number of benzene rings is 4. The van der Waals surface area contributed by atoms with Crippen LogP contribution >= 0.6 is 11.3 Å². The number of urea groups is 1. The molecule has 0 bridgehead atoms. The summed E-state index contributed by atoms with van der Waals surface area (Å²) < 4.78 is 0.759. The van der Waals surface area contributed by atoms with E-state index >= 15 is 0 Å². The van der Waals surface area contributed by atoms with Crippen LogP contribution in [0.3, 0.4) is 0 Å². The second kappa shape index (κ2) is 10.9. The van der Waals surface area contributed by atoms with E-state index < -0.39 is 6.03 Å². The van der Waals surface area contributed by atoms with Crippen LogP contribution in [0.5, 0.6) is 0 Å². The number of carbonyl (C=O) groups is 3. The predicted octanol–water partition coefficient (Wildman–Crippen LogP) is 7.35. The number of thiazole rings is 1. The van der Waals surface area contributed by atoms with Crippen molar-refractivity contribution >= 4 is 55.8 Å². The maximum absolute atomic E-state index is 13.0. The summed E-state index contributed by atoms with van der Waals surface area (Å²) >= 11 is 1.26. The van der Waals surface area contributed by atoms with Gasteiger partial charge in [-0.3, -0.25) is 14.9 Å². The molecule has 0 aliphatic rings. The van der Waals surface area contributed by atoms with Gasteiger partial charge in [0, 0.05) is 22.4 Å². The number of aromatic nitrogens is 1. The van der Waals surface area contributed by atoms with Gasteiger partial charge in [0.05, 0.1) is 15.9 Å². The van der Waals surface area contributed by atoms with E-state index in [4.69, 9.17) is 0 Å². The minimum atomic E-state index is -0.523. The van der Waals surface area contributed by atoms with Crippen molar-refractivity contribution in [2.45, 2.75) is 20.8 Å². The van der Waals surface area contributed by atoms with Crippen molar-refractivity contribution in [3.05, 3.63) is 118 Å². The van der Waals surface area contributed by atoms with Crippen molar-refractivity contribution in [3.8, 4) is 0 Å². The Labute approximate surface area is 229 Å². The molecule has 194 valence electrons. The third-order valence-electron chi connectivity index (χ3n) is 6.24. The fraction of sp³-hybridized carbons (Fsp3) is 0.0968. The lowest BCUT2D eigenvalue weighted by molar-refractivity contribution is 0.102. The van der Waals surface area contributed by atoms with Crippen LogP contribution in [0.2, 0.25) is 0 Å². The number of aryl methyl sites for hydroxylation is 3. The number of amides is 3. The first-order valence-corrected chi connectivity index (χ1v) is 13.2. The number of para-hydroxylation sites is 1. The number of fused-ring (bicyclic) bond motifs is 1. The maximum atomic E-state index is 13.0. The molecule has 0 unspecified atom stereocenters. The molecule has 0 radical (unpaired) electrons. The summed E-state index contributed by atoms with van der Waals surface area (Å²) in [6.07, 6.45) is 0. The molecule has 8 heteroatoms. The van der Waals surface area contributed by atoms with Gasteiger partial charge in [0.15, 0.2) is 10.9 Å². The first-order chi connectivity index (χ1) is 18.8. The minimum Gasteiger partial charge on any atom is -0.322 e. The lowest BCUT2D eigenvalue weighted by atomic mass is 10.0. The van der Waals surface area contributed by atoms with Crippen molar-refractivity contribution in [1.82, 2.24) is 4.98 Å². The van der Waals surface area contributed by atoms with Crippen LogP contribution in [-0.4, -0.2) is 22.7 Å². The fourth-order valence-electron chi connectivity index (χ4n) is 4.47. The van der Waals surface area contributed by atoms with Crippen molar-refractivity contribution in [2.75, 3.05) is 16.0 Å². The fourth-order valence-corrected chi connectivity index (χ4v) is 5.37. The number of rotatable bonds is 6. The number of carbonyl (C=O) groups excluding carboxylic acids is 3. The SMILES string of the molecule is Cc1cc(C)c(NC(=O)c2ccc3nc(NC(=O)Nc4ccccc4C(=O)c4ccccc4)sc3c2)c(C)c1. The molecule has 5 aromatic rings. The Bertz CT molecular complexity index is 1700. The van der Waals surface area contributed by atoms with E-state index in [1.165, 1.54) is 11.3 Å². The molecule has 0 aliphatic heterocycles. The molecular formula is C31H26N4O3S. The van der Waals surface area contributed by atoms with Gasteiger partial charge < -0.3 is 10.6 Å². The average molecular weight is 535 g/mol. The van der Waals surface area contributed by atoms with E-state index in [0.717, 1.165) is 27.1 Å². The van der Waals surface area contributed by atoms with Crippen LogP contribution in [0, 0.1) is 20.8 Å². The van der Waals surface area contributed by atoms with Crippen LogP contribution in [0.15, 0.2) is 84.9 Å². The van der Waals surface area contributed by atoms with Crippen molar-refractivity contribution in [3.63, 3.8) is 0 Å². The molecule has 3 amide bonds. The summed E-state index contributed by atoms with van der Waals surface area (Å²) in [4.78, 5) is 43.2. The highest BCUT2D eigenvalue weighted by Crippen LogP contribution is 2.29. The molecule has 39 heavy (non-hydrogen) atoms. The summed E-state index contributed by atoms with van der Waals surface area (Å²) in [7, 11) is 0. The molecule has 0 aliphatic carbocycles. The number of ketones is 1. The third kappa shape index (κ3) is 5.71. The van der Waals surface area contributed by atoms with Crippen LogP contribution in [-0.2, 0) is 0 Å². The lowest BCUT2D eigenvalue weighted by Gasteiger charge is -2.12. The molecule has 4 aromatic carbocycles. The Morgan fingerprint density at radius 1 is 0.718 bits per heavy atom. The van der Waals surface area contributed by atoms with Gasteiger partial charge >= 0.3 is 6.03 Å². The van der Waals surface area contributed by atoms with E-state index in [9.17, 15) is 14.4 Å². The van der Waals surface area contributed by atoms with Crippen LogP contribution < -0.4 is 16.0 Å². The van der Waals surface area contributed by atoms with E-state index in [0.29, 0.717) is 33.0 Å². The normalized spacial score (nSPS) is 10.7. The second-order valence-corrected chi connectivity index (χ2v) is 10.3. The second-order valence-electron chi connectivity index (χ2n) is 9.25. The zero-order valence-corrected chi connectivity index (χ0v) is 22.5. The Balaban J connectivity index is 1.30. The Kier molecular flexibility index (Phi) is 7.21. The number of hydrogen-bond donors (Lipinski definition) is 3. The monoisotopic (exact) mass is 534 g/mol. The summed E-state index contributed by atoms with van der Waals surface area (Å²) in [6.45, 7) is 5.97. The summed E-state index contributed by atoms with van der Waals surface area (Å²) in [5, 5.41) is 8.89. The number of anilines is 3. The quantitative estimate of drug-likeness (QED) is 0.198. The van der Waals surface area contributed by atoms with E-state index in [2.05, 4.69) is 20.9 Å². The van der Waals surface area contributed by atoms with Gasteiger partial charge in [0.25, 0.3) is 5.91 Å². The standard InChI is InChI=1S/C31H26N4O3S/c1-18-15-19(2)27(20(3)16-18)34-29(37)22-13-14-25-26(17-22)39-31(33-25)35-30(38)32-24-12-8-7-11-23(24)28(36)21-9-5-4-6-10-21/h4-17H,1-3H3,(H,34,37)(H2,32,33,35,38). The van der Waals surface area contributed by atoms with Crippen LogP contribution in [0.4, 0.5) is 21.3 Å². The van der Waals surface area contributed by atoms with Gasteiger partial charge in [-0.2, -0.15) is 0 Å². The van der Waals surface area contributed by atoms with Crippen molar-refractivity contribution in [1.29, 1.82) is 0 Å². The third-order valence-corrected chi connectivity index (χ3v) is 7.18. The summed E-state index contributed by atoms with van der Waals surface area (Å²) in [6, 6.07) is 24.5. The first kappa shape index (κ1) is 25.8. The minimum absolute atomic E-state index is 0.187. The molecular weight excluding hydrogens is 508 g/mol. The molecule has 0 fully saturated rings. The Morgan fingerprint density at radius 2 is 1.41 bits per heavy atom. The molecule has 0 saturated carbocycles. The van der Waals surface area contributed by atoms with Gasteiger partial charge in [0.2, 0.25) is 0 Å². The van der Waals surface area contributed by atoms with Gasteiger partial charge in [-0.1, -0.05) is 71.5 Å². The van der Waals surface area contributed by atoms with E-state index in [1.54, 1.807) is 66.7 Å². The van der Waals surface area contributed by atoms with Gasteiger partial charge in [-0.15, -0.1) is 0 Å². The molecule has 3 N–H and O–H groups in total. The Morgan fingerprint density at radius 3 is 2.15 bits per heavy atom. The van der Waals surface area contributed by atoms with Gasteiger partial charge in [0.1, 0.15) is 0 Å². The van der Waals surface area contributed by atoms with Crippen molar-refractivity contribution in [2.24, 2.45) is 0 Å². The van der Waals surface area contributed by atoms with Crippen LogP contribution in [0.25, 0.3) is 10.2 Å². The zero-order chi connectivity index (χ0) is 27.5. The summed E-state index contributed by atoms with van der Waals surface area (Å²) in [5.74, 6) is -0.402. The molecule has 5 rings (SSSR count). The van der Waals surface area contributed by atoms with Gasteiger partial charge in [-0.05, 0) is 62.2 Å². The van der Waals surface area contributed by atoms with E-state index in [1.807, 2.05) is 39.0 Å². The molecule has 0 spiro atoms. The Hall–Kier alpha value is -4.82. The zero-order valence-electron chi connectivity index (χ0n) is 21.7. The highest BCUT2D eigenvalue weighted by molar-refractivity contribution is 7.22. The number of nitrogens with one attached hydrogen (secondary N) is 3. The maximum Gasteiger partial charge on any atom is 0.325 e. The molecule has 1 heterocycles. The lowest BCUT2D eigenvalue weighted by Crippen LogP contribution is -2.21. The predicted molar refractivity (Wildman–Crippen MR) is 157 cm³/mol. The highest BCUT2D eigenvalue weighted by Gasteiger charge is 2.17. The summed E-state index contributed by atoms with van der Waals surface area (Å²) in [5.41, 5.74) is 6.43. The largest absolute Gasteiger partial charge is 0.325 e. The molecule has 7 nitrogen and oxygen atoms in total. The van der Waals surface area contributed by atoms with Crippen molar-refractivity contribution < 1.29 is 14.4 Å². The topological polar surface area (TPSA) is 100 Å². The number of nitrogens with zero attached hydrogens (tertiary/aromatic N) is 1. The number of hydrogen-bond acceptors (Lipinski definition) is 5. The molecule has 0 atom stereocenters. The molecule has 1 aromatic heterocycles. The highest BCUT2D eigenvalue weighted by atomic mass is 32.1. The first-order valence-electron chi connectivity index (χ1n) is 12.3. The van der Waals surface area contributed by atoms with E-state index in [-0.39, 0.29) is 11.7 Å². The van der Waals surface area contributed by atoms with Gasteiger partial charge in [-0.25, -0.2) is 9.78 Å².